The Balaban J connectivity index is 1.70. The lowest BCUT2D eigenvalue weighted by Gasteiger charge is -2.16. The number of carbonyl (C=O) groups is 1. The monoisotopic (exact) mass is 349 g/mol. The van der Waals surface area contributed by atoms with Crippen LogP contribution in [-0.4, -0.2) is 20.1 Å². The maximum absolute atomic E-state index is 12.5. The van der Waals surface area contributed by atoms with Crippen molar-refractivity contribution in [2.45, 2.75) is 19.4 Å². The summed E-state index contributed by atoms with van der Waals surface area (Å²) in [7, 11) is 3.19. The molecule has 134 valence electrons. The predicted octanol–water partition coefficient (Wildman–Crippen LogP) is 4.28. The zero-order valence-electron chi connectivity index (χ0n) is 15.3. The average Bonchev–Trinajstić information content (AvgIpc) is 2.67. The van der Waals surface area contributed by atoms with Gasteiger partial charge in [-0.15, -0.1) is 0 Å². The van der Waals surface area contributed by atoms with Crippen LogP contribution in [-0.2, 0) is 11.2 Å². The van der Waals surface area contributed by atoms with Crippen molar-refractivity contribution in [1.29, 1.82) is 0 Å². The molecular formula is C22H23NO3. The highest BCUT2D eigenvalue weighted by Gasteiger charge is 2.13. The Labute approximate surface area is 153 Å². The van der Waals surface area contributed by atoms with Crippen LogP contribution in [0.1, 0.15) is 24.1 Å². The highest BCUT2D eigenvalue weighted by molar-refractivity contribution is 5.84. The van der Waals surface area contributed by atoms with Crippen LogP contribution in [0.25, 0.3) is 10.8 Å². The quantitative estimate of drug-likeness (QED) is 0.723. The molecule has 3 aromatic rings. The van der Waals surface area contributed by atoms with Gasteiger partial charge in [-0.2, -0.15) is 0 Å². The summed E-state index contributed by atoms with van der Waals surface area (Å²) < 4.78 is 10.6. The smallest absolute Gasteiger partial charge is 0.225 e. The fourth-order valence-corrected chi connectivity index (χ4v) is 3.02. The van der Waals surface area contributed by atoms with Gasteiger partial charge in [0, 0.05) is 11.6 Å². The van der Waals surface area contributed by atoms with Crippen molar-refractivity contribution in [2.24, 2.45) is 0 Å². The molecule has 4 heteroatoms. The topological polar surface area (TPSA) is 47.6 Å². The Bertz CT molecular complexity index is 920. The van der Waals surface area contributed by atoms with Crippen molar-refractivity contribution in [3.05, 3.63) is 71.8 Å². The van der Waals surface area contributed by atoms with Crippen molar-refractivity contribution >= 4 is 16.7 Å². The minimum atomic E-state index is -0.0728. The molecule has 1 N–H and O–H groups in total. The van der Waals surface area contributed by atoms with E-state index in [1.54, 1.807) is 20.3 Å². The Morgan fingerprint density at radius 2 is 1.73 bits per heavy atom. The van der Waals surface area contributed by atoms with Crippen molar-refractivity contribution in [2.75, 3.05) is 14.2 Å². The molecule has 1 unspecified atom stereocenters. The molecule has 1 atom stereocenters. The van der Waals surface area contributed by atoms with Crippen LogP contribution in [0.3, 0.4) is 0 Å². The molecule has 1 amide bonds. The summed E-state index contributed by atoms with van der Waals surface area (Å²) >= 11 is 0. The standard InChI is InChI=1S/C22H23NO3/c1-15(17-9-8-16-6-4-5-7-18(16)12-17)23-22(24)13-19-10-11-20(25-2)14-21(19)26-3/h4-12,14-15H,13H2,1-3H3,(H,23,24). The second-order valence-corrected chi connectivity index (χ2v) is 6.25. The molecule has 4 nitrogen and oxygen atoms in total. The summed E-state index contributed by atoms with van der Waals surface area (Å²) in [4.78, 5) is 12.5. The van der Waals surface area contributed by atoms with E-state index in [9.17, 15) is 4.79 Å². The number of amides is 1. The first kappa shape index (κ1) is 17.8. The second-order valence-electron chi connectivity index (χ2n) is 6.25. The summed E-state index contributed by atoms with van der Waals surface area (Å²) in [6.45, 7) is 1.99. The lowest BCUT2D eigenvalue weighted by Crippen LogP contribution is -2.28. The lowest BCUT2D eigenvalue weighted by atomic mass is 10.0. The van der Waals surface area contributed by atoms with Gasteiger partial charge in [-0.1, -0.05) is 42.5 Å². The van der Waals surface area contributed by atoms with E-state index in [1.165, 1.54) is 10.8 Å². The summed E-state index contributed by atoms with van der Waals surface area (Å²) in [5.74, 6) is 1.31. The van der Waals surface area contributed by atoms with E-state index < -0.39 is 0 Å². The van der Waals surface area contributed by atoms with E-state index in [2.05, 4.69) is 35.6 Å². The highest BCUT2D eigenvalue weighted by Crippen LogP contribution is 2.25. The molecule has 0 bridgehead atoms. The molecule has 0 aliphatic rings. The van der Waals surface area contributed by atoms with E-state index in [1.807, 2.05) is 31.2 Å². The first-order chi connectivity index (χ1) is 12.6. The maximum atomic E-state index is 12.5. The molecule has 0 fully saturated rings. The fourth-order valence-electron chi connectivity index (χ4n) is 3.02. The van der Waals surface area contributed by atoms with Crippen LogP contribution >= 0.6 is 0 Å². The predicted molar refractivity (Wildman–Crippen MR) is 104 cm³/mol. The molecule has 0 saturated carbocycles. The molecule has 3 rings (SSSR count). The first-order valence-electron chi connectivity index (χ1n) is 8.59. The molecule has 3 aromatic carbocycles. The van der Waals surface area contributed by atoms with Gasteiger partial charge in [0.25, 0.3) is 0 Å². The third kappa shape index (κ3) is 3.97. The van der Waals surface area contributed by atoms with Crippen LogP contribution in [0.15, 0.2) is 60.7 Å². The van der Waals surface area contributed by atoms with Gasteiger partial charge in [0.15, 0.2) is 0 Å². The number of fused-ring (bicyclic) bond motifs is 1. The zero-order valence-corrected chi connectivity index (χ0v) is 15.3. The molecule has 0 aromatic heterocycles. The molecule has 0 saturated heterocycles. The van der Waals surface area contributed by atoms with E-state index >= 15 is 0 Å². The van der Waals surface area contributed by atoms with Crippen LogP contribution in [0.4, 0.5) is 0 Å². The Morgan fingerprint density at radius 3 is 2.46 bits per heavy atom. The maximum Gasteiger partial charge on any atom is 0.225 e. The van der Waals surface area contributed by atoms with Crippen LogP contribution in [0.5, 0.6) is 11.5 Å². The van der Waals surface area contributed by atoms with Crippen molar-refractivity contribution in [3.8, 4) is 11.5 Å². The molecule has 0 aliphatic carbocycles. The van der Waals surface area contributed by atoms with Crippen molar-refractivity contribution in [3.63, 3.8) is 0 Å². The number of benzene rings is 3. The Kier molecular flexibility index (Phi) is 5.42. The van der Waals surface area contributed by atoms with E-state index in [-0.39, 0.29) is 18.4 Å². The normalized spacial score (nSPS) is 11.8. The molecule has 0 radical (unpaired) electrons. The number of hydrogen-bond donors (Lipinski definition) is 1. The second kappa shape index (κ2) is 7.91. The van der Waals surface area contributed by atoms with Crippen molar-refractivity contribution < 1.29 is 14.3 Å². The van der Waals surface area contributed by atoms with Gasteiger partial charge in [-0.05, 0) is 35.4 Å². The summed E-state index contributed by atoms with van der Waals surface area (Å²) in [5.41, 5.74) is 1.91. The van der Waals surface area contributed by atoms with Gasteiger partial charge in [0.2, 0.25) is 5.91 Å². The Hall–Kier alpha value is -3.01. The van der Waals surface area contributed by atoms with Gasteiger partial charge >= 0.3 is 0 Å². The van der Waals surface area contributed by atoms with E-state index in [4.69, 9.17) is 9.47 Å². The van der Waals surface area contributed by atoms with E-state index in [0.29, 0.717) is 11.5 Å². The number of hydrogen-bond acceptors (Lipinski definition) is 3. The van der Waals surface area contributed by atoms with Crippen LogP contribution < -0.4 is 14.8 Å². The number of nitrogens with one attached hydrogen (secondary N) is 1. The number of ether oxygens (including phenoxy) is 2. The van der Waals surface area contributed by atoms with Crippen LogP contribution in [0.2, 0.25) is 0 Å². The number of methoxy groups -OCH3 is 2. The Morgan fingerprint density at radius 1 is 0.962 bits per heavy atom. The molecule has 0 spiro atoms. The van der Waals surface area contributed by atoms with Gasteiger partial charge in [0.05, 0.1) is 26.7 Å². The zero-order chi connectivity index (χ0) is 18.5. The van der Waals surface area contributed by atoms with E-state index in [0.717, 1.165) is 11.1 Å². The molecular weight excluding hydrogens is 326 g/mol. The SMILES string of the molecule is COc1ccc(CC(=O)NC(C)c2ccc3ccccc3c2)c(OC)c1. The summed E-state index contributed by atoms with van der Waals surface area (Å²) in [5, 5.41) is 5.43. The van der Waals surface area contributed by atoms with Gasteiger partial charge in [-0.3, -0.25) is 4.79 Å². The minimum Gasteiger partial charge on any atom is -0.497 e. The lowest BCUT2D eigenvalue weighted by molar-refractivity contribution is -0.121. The van der Waals surface area contributed by atoms with Gasteiger partial charge < -0.3 is 14.8 Å². The largest absolute Gasteiger partial charge is 0.497 e. The third-order valence-electron chi connectivity index (χ3n) is 4.50. The first-order valence-corrected chi connectivity index (χ1v) is 8.59. The van der Waals surface area contributed by atoms with Gasteiger partial charge in [0.1, 0.15) is 11.5 Å². The van der Waals surface area contributed by atoms with Crippen LogP contribution in [0, 0.1) is 0 Å². The summed E-state index contributed by atoms with van der Waals surface area (Å²) in [6, 6.07) is 19.9. The molecule has 26 heavy (non-hydrogen) atoms. The minimum absolute atomic E-state index is 0.0471. The average molecular weight is 349 g/mol. The number of carbonyl (C=O) groups excluding carboxylic acids is 1. The number of rotatable bonds is 6. The fraction of sp³-hybridized carbons (Fsp3) is 0.227. The summed E-state index contributed by atoms with van der Waals surface area (Å²) in [6.07, 6.45) is 0.255. The van der Waals surface area contributed by atoms with Gasteiger partial charge in [-0.25, -0.2) is 0 Å². The molecule has 0 aliphatic heterocycles. The highest BCUT2D eigenvalue weighted by atomic mass is 16.5. The molecule has 0 heterocycles. The third-order valence-corrected chi connectivity index (χ3v) is 4.50. The van der Waals surface area contributed by atoms with Crippen molar-refractivity contribution in [1.82, 2.24) is 5.32 Å².